The van der Waals surface area contributed by atoms with E-state index in [4.69, 9.17) is 9.73 Å². The Kier molecular flexibility index (Phi) is 11.9. The molecule has 0 saturated carbocycles. The number of nitrogens with one attached hydrogen (secondary N) is 2. The highest BCUT2D eigenvalue weighted by Gasteiger charge is 2.25. The van der Waals surface area contributed by atoms with Crippen LogP contribution in [0.25, 0.3) is 0 Å². The molecule has 0 radical (unpaired) electrons. The first kappa shape index (κ1) is 27.0. The van der Waals surface area contributed by atoms with Crippen LogP contribution in [0.15, 0.2) is 22.5 Å². The number of halogens is 1. The Balaban J connectivity index is 0.00000363. The van der Waals surface area contributed by atoms with Gasteiger partial charge in [0.2, 0.25) is 0 Å². The molecule has 2 N–H and O–H groups in total. The van der Waals surface area contributed by atoms with Gasteiger partial charge in [0.05, 0.1) is 6.04 Å². The highest BCUT2D eigenvalue weighted by molar-refractivity contribution is 14.0. The van der Waals surface area contributed by atoms with Crippen molar-refractivity contribution in [3.05, 3.63) is 34.0 Å². The first-order valence-electron chi connectivity index (χ1n) is 11.2. The summed E-state index contributed by atoms with van der Waals surface area (Å²) in [6.07, 6.45) is 3.46. The maximum atomic E-state index is 5.18. The number of hydrogen-bond acceptors (Lipinski definition) is 6. The molecule has 1 fully saturated rings. The van der Waals surface area contributed by atoms with Crippen molar-refractivity contribution in [1.82, 2.24) is 30.3 Å². The number of ether oxygens (including phenoxy) is 1. The first-order chi connectivity index (χ1) is 15.1. The normalized spacial score (nSPS) is 16.6. The molecular formula is C22H38IN7OS. The lowest BCUT2D eigenvalue weighted by atomic mass is 9.97. The molecule has 10 heteroatoms. The summed E-state index contributed by atoms with van der Waals surface area (Å²) in [7, 11) is 3.71. The van der Waals surface area contributed by atoms with Gasteiger partial charge in [-0.25, -0.2) is 4.99 Å². The lowest BCUT2D eigenvalue weighted by Gasteiger charge is -2.36. The smallest absolute Gasteiger partial charge is 0.191 e. The molecule has 0 aromatic carbocycles. The van der Waals surface area contributed by atoms with Crippen molar-refractivity contribution in [3.63, 3.8) is 0 Å². The second-order valence-corrected chi connectivity index (χ2v) is 9.27. The molecule has 3 rings (SSSR count). The van der Waals surface area contributed by atoms with Crippen molar-refractivity contribution < 1.29 is 4.74 Å². The maximum absolute atomic E-state index is 5.18. The molecule has 2 aromatic heterocycles. The van der Waals surface area contributed by atoms with Crippen LogP contribution in [-0.2, 0) is 18.3 Å². The number of thiophene rings is 1. The molecule has 180 valence electrons. The van der Waals surface area contributed by atoms with Gasteiger partial charge in [-0.3, -0.25) is 4.90 Å². The second-order valence-electron chi connectivity index (χ2n) is 8.29. The number of aromatic nitrogens is 3. The number of aliphatic imine (C=N–C) groups is 1. The monoisotopic (exact) mass is 575 g/mol. The van der Waals surface area contributed by atoms with Crippen LogP contribution in [0.5, 0.6) is 0 Å². The SMILES string of the molecule is COCCCNC(=NCc1nnc(C)n1C)NCC(c1cccs1)N1CCC(C)CC1.I. The average Bonchev–Trinajstić information content (AvgIpc) is 3.41. The number of guanidine groups is 1. The molecule has 1 unspecified atom stereocenters. The van der Waals surface area contributed by atoms with E-state index in [9.17, 15) is 0 Å². The van der Waals surface area contributed by atoms with E-state index in [0.29, 0.717) is 12.6 Å². The van der Waals surface area contributed by atoms with E-state index in [1.807, 2.05) is 29.9 Å². The standard InChI is InChI=1S/C22H37N7OS.HI/c1-17-8-11-29(12-9-17)19(20-7-5-14-31-20)15-24-22(23-10-6-13-30-4)25-16-21-27-26-18(2)28(21)3;/h5,7,14,17,19H,6,8-13,15-16H2,1-4H3,(H2,23,24,25);1H. The second kappa shape index (κ2) is 14.1. The fourth-order valence-corrected chi connectivity index (χ4v) is 4.62. The van der Waals surface area contributed by atoms with E-state index in [2.05, 4.69) is 50.2 Å². The van der Waals surface area contributed by atoms with E-state index in [1.54, 1.807) is 7.11 Å². The Morgan fingerprint density at radius 1 is 1.31 bits per heavy atom. The van der Waals surface area contributed by atoms with E-state index in [1.165, 1.54) is 17.7 Å². The summed E-state index contributed by atoms with van der Waals surface area (Å²) in [4.78, 5) is 8.82. The Morgan fingerprint density at radius 3 is 2.72 bits per heavy atom. The summed E-state index contributed by atoms with van der Waals surface area (Å²) < 4.78 is 7.16. The fourth-order valence-electron chi connectivity index (χ4n) is 3.76. The third kappa shape index (κ3) is 7.96. The van der Waals surface area contributed by atoms with Crippen LogP contribution < -0.4 is 10.6 Å². The molecule has 1 aliphatic rings. The van der Waals surface area contributed by atoms with Crippen LogP contribution in [0.4, 0.5) is 0 Å². The predicted molar refractivity (Wildman–Crippen MR) is 142 cm³/mol. The summed E-state index contributed by atoms with van der Waals surface area (Å²) in [6, 6.07) is 4.75. The number of aryl methyl sites for hydroxylation is 1. The van der Waals surface area contributed by atoms with Crippen molar-refractivity contribution in [2.45, 2.75) is 45.7 Å². The molecule has 1 aliphatic heterocycles. The summed E-state index contributed by atoms with van der Waals surface area (Å²) in [5.74, 6) is 3.38. The average molecular weight is 576 g/mol. The number of methoxy groups -OCH3 is 1. The Morgan fingerprint density at radius 2 is 2.09 bits per heavy atom. The molecule has 1 saturated heterocycles. The van der Waals surface area contributed by atoms with E-state index >= 15 is 0 Å². The number of rotatable bonds is 10. The Hall–Kier alpha value is -1.24. The van der Waals surface area contributed by atoms with Gasteiger partial charge in [-0.1, -0.05) is 13.0 Å². The molecule has 1 atom stereocenters. The van der Waals surface area contributed by atoms with Crippen LogP contribution in [0, 0.1) is 12.8 Å². The number of likely N-dealkylation sites (tertiary alicyclic amines) is 1. The zero-order chi connectivity index (χ0) is 22.1. The van der Waals surface area contributed by atoms with E-state index < -0.39 is 0 Å². The van der Waals surface area contributed by atoms with E-state index in [0.717, 1.165) is 62.7 Å². The fraction of sp³-hybridized carbons (Fsp3) is 0.682. The van der Waals surface area contributed by atoms with Gasteiger partial charge >= 0.3 is 0 Å². The van der Waals surface area contributed by atoms with Crippen molar-refractivity contribution >= 4 is 41.3 Å². The summed E-state index contributed by atoms with van der Waals surface area (Å²) in [5, 5.41) is 17.6. The predicted octanol–water partition coefficient (Wildman–Crippen LogP) is 3.35. The van der Waals surface area contributed by atoms with Crippen molar-refractivity contribution in [2.24, 2.45) is 18.0 Å². The Bertz CT molecular complexity index is 803. The molecule has 0 bridgehead atoms. The largest absolute Gasteiger partial charge is 0.385 e. The first-order valence-corrected chi connectivity index (χ1v) is 12.1. The van der Waals surface area contributed by atoms with Crippen LogP contribution in [0.2, 0.25) is 0 Å². The zero-order valence-electron chi connectivity index (χ0n) is 19.7. The van der Waals surface area contributed by atoms with Gasteiger partial charge in [0.15, 0.2) is 11.8 Å². The summed E-state index contributed by atoms with van der Waals surface area (Å²) in [6.45, 7) is 9.46. The molecule has 2 aromatic rings. The van der Waals surface area contributed by atoms with Crippen LogP contribution in [0.1, 0.15) is 48.8 Å². The topological polar surface area (TPSA) is 79.6 Å². The van der Waals surface area contributed by atoms with Gasteiger partial charge in [0.25, 0.3) is 0 Å². The van der Waals surface area contributed by atoms with Gasteiger partial charge in [0.1, 0.15) is 12.4 Å². The molecule has 0 spiro atoms. The minimum atomic E-state index is 0. The zero-order valence-corrected chi connectivity index (χ0v) is 22.9. The molecule has 8 nitrogen and oxygen atoms in total. The molecular weight excluding hydrogens is 537 g/mol. The number of hydrogen-bond donors (Lipinski definition) is 2. The van der Waals surface area contributed by atoms with Crippen molar-refractivity contribution in [3.8, 4) is 0 Å². The van der Waals surface area contributed by atoms with Crippen LogP contribution in [0.3, 0.4) is 0 Å². The minimum Gasteiger partial charge on any atom is -0.385 e. The van der Waals surface area contributed by atoms with Gasteiger partial charge in [-0.2, -0.15) is 0 Å². The molecule has 3 heterocycles. The van der Waals surface area contributed by atoms with Crippen molar-refractivity contribution in [2.75, 3.05) is 39.9 Å². The van der Waals surface area contributed by atoms with E-state index in [-0.39, 0.29) is 24.0 Å². The summed E-state index contributed by atoms with van der Waals surface area (Å²) in [5.41, 5.74) is 0. The Labute approximate surface area is 213 Å². The van der Waals surface area contributed by atoms with Gasteiger partial charge in [0, 0.05) is 38.7 Å². The maximum Gasteiger partial charge on any atom is 0.191 e. The molecule has 0 aliphatic carbocycles. The van der Waals surface area contributed by atoms with Crippen LogP contribution >= 0.6 is 35.3 Å². The minimum absolute atomic E-state index is 0. The summed E-state index contributed by atoms with van der Waals surface area (Å²) >= 11 is 1.84. The highest BCUT2D eigenvalue weighted by atomic mass is 127. The molecule has 32 heavy (non-hydrogen) atoms. The number of piperidine rings is 1. The van der Waals surface area contributed by atoms with Gasteiger partial charge in [-0.05, 0) is 56.6 Å². The third-order valence-corrected chi connectivity index (χ3v) is 6.95. The van der Waals surface area contributed by atoms with Crippen molar-refractivity contribution in [1.29, 1.82) is 0 Å². The molecule has 0 amide bonds. The quantitative estimate of drug-likeness (QED) is 0.196. The third-order valence-electron chi connectivity index (χ3n) is 5.97. The van der Waals surface area contributed by atoms with Crippen LogP contribution in [-0.4, -0.2) is 65.5 Å². The lowest BCUT2D eigenvalue weighted by molar-refractivity contribution is 0.140. The number of nitrogens with zero attached hydrogens (tertiary/aromatic N) is 5. The highest BCUT2D eigenvalue weighted by Crippen LogP contribution is 2.29. The van der Waals surface area contributed by atoms with Gasteiger partial charge < -0.3 is 19.9 Å². The van der Waals surface area contributed by atoms with Gasteiger partial charge in [-0.15, -0.1) is 45.5 Å². The lowest BCUT2D eigenvalue weighted by Crippen LogP contribution is -2.45.